The second-order valence-electron chi connectivity index (χ2n) is 10.7. The molecule has 2 aliphatic heterocycles. The number of thiophene rings is 1. The Morgan fingerprint density at radius 1 is 1.00 bits per heavy atom. The molecule has 224 valence electrons. The Labute approximate surface area is 248 Å². The second kappa shape index (κ2) is 12.3. The molecule has 0 radical (unpaired) electrons. The van der Waals surface area contributed by atoms with Crippen LogP contribution in [-0.4, -0.2) is 94.3 Å². The van der Waals surface area contributed by atoms with Gasteiger partial charge in [0.2, 0.25) is 11.7 Å². The van der Waals surface area contributed by atoms with Crippen molar-refractivity contribution in [3.63, 3.8) is 0 Å². The van der Waals surface area contributed by atoms with Gasteiger partial charge in [0, 0.05) is 43.2 Å². The van der Waals surface area contributed by atoms with Crippen LogP contribution in [0.15, 0.2) is 30.7 Å². The third-order valence-corrected chi connectivity index (χ3v) is 9.00. The third-order valence-electron chi connectivity index (χ3n) is 7.99. The number of piperidine rings is 1. The van der Waals surface area contributed by atoms with E-state index < -0.39 is 0 Å². The van der Waals surface area contributed by atoms with Gasteiger partial charge in [0.25, 0.3) is 0 Å². The van der Waals surface area contributed by atoms with Gasteiger partial charge in [-0.15, -0.1) is 11.3 Å². The van der Waals surface area contributed by atoms with Crippen molar-refractivity contribution < 1.29 is 24.4 Å². The summed E-state index contributed by atoms with van der Waals surface area (Å²) < 4.78 is 18.4. The Bertz CT molecular complexity index is 1510. The minimum absolute atomic E-state index is 0.00810. The zero-order valence-electron chi connectivity index (χ0n) is 24.1. The van der Waals surface area contributed by atoms with Crippen LogP contribution in [0.25, 0.3) is 15.9 Å². The van der Waals surface area contributed by atoms with E-state index in [1.807, 2.05) is 22.9 Å². The maximum absolute atomic E-state index is 9.97. The molecule has 5 heterocycles. The number of nitrogens with zero attached hydrogens (tertiary/aromatic N) is 6. The van der Waals surface area contributed by atoms with Gasteiger partial charge in [-0.05, 0) is 31.7 Å². The van der Waals surface area contributed by atoms with Crippen molar-refractivity contribution in [1.29, 1.82) is 0 Å². The molecule has 4 aromatic rings. The molecule has 0 aliphatic carbocycles. The van der Waals surface area contributed by atoms with E-state index >= 15 is 0 Å². The fourth-order valence-electron chi connectivity index (χ4n) is 5.71. The topological polar surface area (TPSA) is 130 Å². The normalized spacial score (nSPS) is 18.1. The van der Waals surface area contributed by atoms with Crippen molar-refractivity contribution >= 4 is 39.1 Å². The van der Waals surface area contributed by atoms with Crippen molar-refractivity contribution in [2.75, 3.05) is 57.8 Å². The highest BCUT2D eigenvalue weighted by Crippen LogP contribution is 2.40. The smallest absolute Gasteiger partial charge is 0.229 e. The molecule has 1 aromatic carbocycles. The summed E-state index contributed by atoms with van der Waals surface area (Å²) >= 11 is 1.66. The first-order valence-electron chi connectivity index (χ1n) is 14.2. The molecule has 3 aromatic heterocycles. The van der Waals surface area contributed by atoms with Crippen LogP contribution in [0.1, 0.15) is 30.6 Å². The summed E-state index contributed by atoms with van der Waals surface area (Å²) in [6.07, 6.45) is 6.90. The van der Waals surface area contributed by atoms with Gasteiger partial charge in [0.15, 0.2) is 11.5 Å². The molecule has 6 rings (SSSR count). The number of aliphatic hydroxyl groups excluding tert-OH is 2. The molecule has 12 nitrogen and oxygen atoms in total. The number of rotatable bonds is 10. The van der Waals surface area contributed by atoms with Gasteiger partial charge in [0.1, 0.15) is 22.8 Å². The number of fused-ring (bicyclic) bond motifs is 1. The number of imidazole rings is 1. The number of benzene rings is 1. The number of likely N-dealkylation sites (tertiary alicyclic amines) is 1. The van der Waals surface area contributed by atoms with Gasteiger partial charge in [-0.3, -0.25) is 4.90 Å². The number of aromatic nitrogens is 4. The molecular weight excluding hydrogens is 558 g/mol. The van der Waals surface area contributed by atoms with Crippen molar-refractivity contribution in [3.8, 4) is 22.9 Å². The van der Waals surface area contributed by atoms with Crippen LogP contribution >= 0.6 is 11.3 Å². The first-order valence-corrected chi connectivity index (χ1v) is 15.0. The molecular formula is C29H37N7O5S. The lowest BCUT2D eigenvalue weighted by molar-refractivity contribution is 0.0797. The monoisotopic (exact) mass is 595 g/mol. The summed E-state index contributed by atoms with van der Waals surface area (Å²) in [7, 11) is 4.75. The van der Waals surface area contributed by atoms with E-state index in [1.165, 1.54) is 4.88 Å². The number of ether oxygens (including phenoxy) is 3. The first-order chi connectivity index (χ1) is 20.5. The molecule has 3 N–H and O–H groups in total. The van der Waals surface area contributed by atoms with Gasteiger partial charge in [-0.1, -0.05) is 0 Å². The lowest BCUT2D eigenvalue weighted by Crippen LogP contribution is -2.35. The summed E-state index contributed by atoms with van der Waals surface area (Å²) in [5, 5.41) is 24.2. The van der Waals surface area contributed by atoms with Gasteiger partial charge >= 0.3 is 0 Å². The molecule has 2 saturated heterocycles. The van der Waals surface area contributed by atoms with E-state index in [-0.39, 0.29) is 18.8 Å². The largest absolute Gasteiger partial charge is 0.493 e. The van der Waals surface area contributed by atoms with Crippen LogP contribution in [0.5, 0.6) is 17.2 Å². The van der Waals surface area contributed by atoms with E-state index in [2.05, 4.69) is 26.2 Å². The van der Waals surface area contributed by atoms with Crippen molar-refractivity contribution in [2.45, 2.75) is 44.4 Å². The molecule has 1 atom stereocenters. The summed E-state index contributed by atoms with van der Waals surface area (Å²) in [4.78, 5) is 21.1. The highest BCUT2D eigenvalue weighted by atomic mass is 32.1. The molecule has 42 heavy (non-hydrogen) atoms. The molecule has 0 saturated carbocycles. The lowest BCUT2D eigenvalue weighted by atomic mass is 10.1. The Kier molecular flexibility index (Phi) is 8.34. The van der Waals surface area contributed by atoms with E-state index in [0.717, 1.165) is 67.8 Å². The van der Waals surface area contributed by atoms with Crippen molar-refractivity contribution in [3.05, 3.63) is 35.6 Å². The summed E-state index contributed by atoms with van der Waals surface area (Å²) in [5.74, 6) is 3.53. The standard InChI is InChI=1S/C29H37N7O5S/c1-39-23-11-19(12-24(40-2)26(23)41-3)35-15-25(30-17-35)31-27-22-13-21(14-34-9-6-20(38)7-10-34)42-28(22)33-29(32-27)36-8-4-5-18(36)16-37/h11-13,15,17-18,20,37-38H,4-10,14,16H2,1-3H3,(H,31,32,33). The van der Waals surface area contributed by atoms with Gasteiger partial charge in [0.05, 0.1) is 57.4 Å². The van der Waals surface area contributed by atoms with Crippen molar-refractivity contribution in [2.24, 2.45) is 0 Å². The number of hydrogen-bond acceptors (Lipinski definition) is 12. The highest BCUT2D eigenvalue weighted by molar-refractivity contribution is 7.18. The minimum atomic E-state index is -0.201. The van der Waals surface area contributed by atoms with E-state index in [4.69, 9.17) is 24.2 Å². The zero-order valence-corrected chi connectivity index (χ0v) is 24.9. The quantitative estimate of drug-likeness (QED) is 0.249. The van der Waals surface area contributed by atoms with E-state index in [9.17, 15) is 10.2 Å². The SMILES string of the molecule is COc1cc(-n2cnc(Nc3nc(N4CCCC4CO)nc4sc(CN5CCC(O)CC5)cc34)c2)cc(OC)c1OC. The summed E-state index contributed by atoms with van der Waals surface area (Å²) in [6.45, 7) is 3.44. The first kappa shape index (κ1) is 28.5. The van der Waals surface area contributed by atoms with Gasteiger partial charge in [-0.25, -0.2) is 9.97 Å². The summed E-state index contributed by atoms with van der Waals surface area (Å²) in [6, 6.07) is 5.89. The van der Waals surface area contributed by atoms with Crippen LogP contribution < -0.4 is 24.4 Å². The molecule has 0 spiro atoms. The Hall–Kier alpha value is -3.65. The fraction of sp³-hybridized carbons (Fsp3) is 0.483. The molecule has 1 unspecified atom stereocenters. The highest BCUT2D eigenvalue weighted by Gasteiger charge is 2.28. The number of nitrogens with one attached hydrogen (secondary N) is 1. The predicted octanol–water partition coefficient (Wildman–Crippen LogP) is 3.56. The average molecular weight is 596 g/mol. The molecule has 2 fully saturated rings. The maximum Gasteiger partial charge on any atom is 0.229 e. The maximum atomic E-state index is 9.97. The number of anilines is 3. The van der Waals surface area contributed by atoms with Crippen LogP contribution in [0, 0.1) is 0 Å². The predicted molar refractivity (Wildman–Crippen MR) is 162 cm³/mol. The molecule has 13 heteroatoms. The average Bonchev–Trinajstić information content (AvgIpc) is 3.77. The van der Waals surface area contributed by atoms with Crippen molar-refractivity contribution in [1.82, 2.24) is 24.4 Å². The second-order valence-corrected chi connectivity index (χ2v) is 11.8. The number of hydrogen-bond donors (Lipinski definition) is 3. The van der Waals surface area contributed by atoms with Crippen LogP contribution in [0.4, 0.5) is 17.6 Å². The van der Waals surface area contributed by atoms with E-state index in [1.54, 1.807) is 39.0 Å². The molecule has 0 amide bonds. The van der Waals surface area contributed by atoms with Gasteiger partial charge in [-0.2, -0.15) is 4.98 Å². The fourth-order valence-corrected chi connectivity index (χ4v) is 6.78. The Morgan fingerprint density at radius 3 is 2.45 bits per heavy atom. The minimum Gasteiger partial charge on any atom is -0.493 e. The number of aliphatic hydroxyl groups is 2. The number of methoxy groups -OCH3 is 3. The zero-order chi connectivity index (χ0) is 29.2. The van der Waals surface area contributed by atoms with E-state index in [0.29, 0.717) is 34.8 Å². The van der Waals surface area contributed by atoms with Gasteiger partial charge < -0.3 is 39.2 Å². The Morgan fingerprint density at radius 2 is 1.76 bits per heavy atom. The summed E-state index contributed by atoms with van der Waals surface area (Å²) in [5.41, 5.74) is 0.797. The molecule has 0 bridgehead atoms. The molecule has 2 aliphatic rings. The Balaban J connectivity index is 1.33. The third kappa shape index (κ3) is 5.69. The van der Waals surface area contributed by atoms with Crippen LogP contribution in [0.2, 0.25) is 0 Å². The van der Waals surface area contributed by atoms with Crippen LogP contribution in [-0.2, 0) is 6.54 Å². The van der Waals surface area contributed by atoms with Crippen LogP contribution in [0.3, 0.4) is 0 Å². The lowest BCUT2D eigenvalue weighted by Gasteiger charge is -2.28.